The zero-order chi connectivity index (χ0) is 29.6. The summed E-state index contributed by atoms with van der Waals surface area (Å²) in [6.45, 7) is 1.51. The number of aliphatic imine (C=N–C) groups is 2. The van der Waals surface area contributed by atoms with E-state index in [2.05, 4.69) is 32.4 Å². The molecule has 42 heavy (non-hydrogen) atoms. The second-order valence-electron chi connectivity index (χ2n) is 10.9. The SMILES string of the molecule is COC(=O)NC1C(C)CC(C2C#CN=CC2=Nc2ncc3ccc(-c4c(F)cc(C5(F)COC5)cc4F)nn23)CC1N. The number of rotatable bonds is 5. The highest BCUT2D eigenvalue weighted by Gasteiger charge is 2.42. The predicted molar refractivity (Wildman–Crippen MR) is 148 cm³/mol. The van der Waals surface area contributed by atoms with Crippen molar-refractivity contribution in [1.29, 1.82) is 0 Å². The Balaban J connectivity index is 1.30. The molecule has 1 amide bonds. The van der Waals surface area contributed by atoms with Gasteiger partial charge in [-0.2, -0.15) is 9.61 Å². The molecule has 3 aromatic rings. The molecule has 1 saturated carbocycles. The number of nitrogens with two attached hydrogens (primary N) is 1. The number of hydrogen-bond acceptors (Lipinski definition) is 8. The van der Waals surface area contributed by atoms with Gasteiger partial charge < -0.3 is 20.5 Å². The van der Waals surface area contributed by atoms with Crippen molar-refractivity contribution in [1.82, 2.24) is 19.9 Å². The zero-order valence-electron chi connectivity index (χ0n) is 22.9. The van der Waals surface area contributed by atoms with Crippen molar-refractivity contribution >= 4 is 29.5 Å². The number of carbonyl (C=O) groups is 1. The smallest absolute Gasteiger partial charge is 0.407 e. The van der Waals surface area contributed by atoms with E-state index >= 15 is 8.78 Å². The molecule has 6 rings (SSSR count). The number of nitrogens with one attached hydrogen (secondary N) is 1. The molecule has 3 aliphatic rings. The molecule has 3 N–H and O–H groups in total. The Morgan fingerprint density at radius 3 is 2.69 bits per heavy atom. The Labute approximate surface area is 239 Å². The van der Waals surface area contributed by atoms with Gasteiger partial charge in [-0.25, -0.2) is 32.9 Å². The van der Waals surface area contributed by atoms with Gasteiger partial charge >= 0.3 is 6.09 Å². The van der Waals surface area contributed by atoms with Crippen LogP contribution in [0.5, 0.6) is 0 Å². The van der Waals surface area contributed by atoms with Crippen LogP contribution in [0.3, 0.4) is 0 Å². The van der Waals surface area contributed by atoms with Crippen LogP contribution in [-0.2, 0) is 15.1 Å². The predicted octanol–water partition coefficient (Wildman–Crippen LogP) is 3.70. The molecule has 5 atom stereocenters. The molecule has 2 aliphatic heterocycles. The summed E-state index contributed by atoms with van der Waals surface area (Å²) in [7, 11) is 1.31. The molecule has 10 nitrogen and oxygen atoms in total. The van der Waals surface area contributed by atoms with Crippen molar-refractivity contribution in [2.45, 2.75) is 37.5 Å². The van der Waals surface area contributed by atoms with Crippen LogP contribution >= 0.6 is 0 Å². The van der Waals surface area contributed by atoms with Crippen LogP contribution < -0.4 is 11.1 Å². The molecule has 0 radical (unpaired) electrons. The van der Waals surface area contributed by atoms with Gasteiger partial charge in [0.15, 0.2) is 5.67 Å². The minimum absolute atomic E-state index is 0.00820. The average Bonchev–Trinajstić information content (AvgIpc) is 3.35. The fourth-order valence-corrected chi connectivity index (χ4v) is 5.89. The van der Waals surface area contributed by atoms with Crippen LogP contribution in [0.25, 0.3) is 16.8 Å². The molecule has 0 spiro atoms. The largest absolute Gasteiger partial charge is 0.453 e. The number of alkyl carbamates (subject to hydrolysis) is 1. The maximum Gasteiger partial charge on any atom is 0.407 e. The summed E-state index contributed by atoms with van der Waals surface area (Å²) < 4.78 is 55.9. The van der Waals surface area contributed by atoms with E-state index in [1.165, 1.54) is 23.9 Å². The number of alkyl halides is 1. The third-order valence-electron chi connectivity index (χ3n) is 8.14. The number of hydrogen-bond donors (Lipinski definition) is 2. The maximum absolute atomic E-state index is 15.1. The maximum atomic E-state index is 15.1. The van der Waals surface area contributed by atoms with Gasteiger partial charge in [-0.1, -0.05) is 12.8 Å². The van der Waals surface area contributed by atoms with Crippen molar-refractivity contribution in [2.24, 2.45) is 33.5 Å². The van der Waals surface area contributed by atoms with Crippen LogP contribution in [-0.4, -0.2) is 65.0 Å². The molecular formula is C29H28F3N7O3. The molecule has 5 unspecified atom stereocenters. The number of methoxy groups -OCH3 is 1. The fourth-order valence-electron chi connectivity index (χ4n) is 5.89. The van der Waals surface area contributed by atoms with Gasteiger partial charge in [0.05, 0.1) is 61.1 Å². The summed E-state index contributed by atoms with van der Waals surface area (Å²) in [5, 5.41) is 7.25. The summed E-state index contributed by atoms with van der Waals surface area (Å²) in [5.74, 6) is 1.21. The van der Waals surface area contributed by atoms with E-state index in [1.54, 1.807) is 12.3 Å². The minimum Gasteiger partial charge on any atom is -0.453 e. The quantitative estimate of drug-likeness (QED) is 0.444. The average molecular weight is 580 g/mol. The summed E-state index contributed by atoms with van der Waals surface area (Å²) in [4.78, 5) is 24.9. The number of benzene rings is 1. The monoisotopic (exact) mass is 579 g/mol. The highest BCUT2D eigenvalue weighted by atomic mass is 19.1. The van der Waals surface area contributed by atoms with Crippen LogP contribution in [0.4, 0.5) is 23.9 Å². The van der Waals surface area contributed by atoms with E-state index in [9.17, 15) is 9.18 Å². The van der Waals surface area contributed by atoms with E-state index in [0.29, 0.717) is 17.6 Å². The summed E-state index contributed by atoms with van der Waals surface area (Å²) in [6, 6.07) is 7.24. The summed E-state index contributed by atoms with van der Waals surface area (Å²) >= 11 is 0. The first-order valence-corrected chi connectivity index (χ1v) is 13.5. The van der Waals surface area contributed by atoms with Gasteiger partial charge in [-0.15, -0.1) is 0 Å². The third kappa shape index (κ3) is 5.01. The number of halogens is 3. The highest BCUT2D eigenvalue weighted by molar-refractivity contribution is 6.33. The fraction of sp³-hybridized carbons (Fsp3) is 0.414. The number of ether oxygens (including phenoxy) is 2. The third-order valence-corrected chi connectivity index (χ3v) is 8.14. The molecule has 218 valence electrons. The van der Waals surface area contributed by atoms with Gasteiger partial charge in [0, 0.05) is 18.1 Å². The topological polar surface area (TPSA) is 128 Å². The number of nitrogens with zero attached hydrogens (tertiary/aromatic N) is 5. The molecule has 1 saturated heterocycles. The van der Waals surface area contributed by atoms with E-state index in [4.69, 9.17) is 20.2 Å². The Morgan fingerprint density at radius 1 is 1.26 bits per heavy atom. The second kappa shape index (κ2) is 10.8. The van der Waals surface area contributed by atoms with Crippen LogP contribution in [0.1, 0.15) is 25.3 Å². The Kier molecular flexibility index (Phi) is 7.20. The highest BCUT2D eigenvalue weighted by Crippen LogP contribution is 2.38. The Bertz CT molecular complexity index is 1640. The van der Waals surface area contributed by atoms with Gasteiger partial charge in [0.2, 0.25) is 0 Å². The van der Waals surface area contributed by atoms with E-state index in [0.717, 1.165) is 18.6 Å². The standard InChI is InChI=1S/C29H28F3N7O3/c1-15-7-16(8-22(33)26(15)37-28(40)41-2)19-5-6-34-12-24(19)36-27-35-11-18-3-4-23(38-39(18)27)25-20(30)9-17(10-21(25)31)29(32)13-42-14-29/h3-4,9-12,15-16,19,22,26H,7-8,13-14,33H2,1-2H3,(H,37,40). The number of fused-ring (bicyclic) bond motifs is 1. The number of carbonyl (C=O) groups excluding carboxylic acids is 1. The molecule has 2 fully saturated rings. The molecule has 4 heterocycles. The normalized spacial score (nSPS) is 27.3. The second-order valence-corrected chi connectivity index (χ2v) is 10.9. The lowest BCUT2D eigenvalue weighted by molar-refractivity contribution is -0.135. The molecule has 1 aromatic carbocycles. The first-order chi connectivity index (χ1) is 20.2. The molecular weight excluding hydrogens is 551 g/mol. The molecule has 0 bridgehead atoms. The van der Waals surface area contributed by atoms with Crippen molar-refractivity contribution in [3.05, 3.63) is 47.7 Å². The summed E-state index contributed by atoms with van der Waals surface area (Å²) in [5.41, 5.74) is 5.13. The first kappa shape index (κ1) is 27.9. The summed E-state index contributed by atoms with van der Waals surface area (Å²) in [6.07, 6.45) is 3.88. The Hall–Kier alpha value is -4.28. The lowest BCUT2D eigenvalue weighted by Crippen LogP contribution is -2.56. The number of amides is 1. The van der Waals surface area contributed by atoms with Crippen molar-refractivity contribution in [3.8, 4) is 23.2 Å². The van der Waals surface area contributed by atoms with Gasteiger partial charge in [-0.3, -0.25) is 0 Å². The lowest BCUT2D eigenvalue weighted by atomic mass is 9.70. The van der Waals surface area contributed by atoms with Gasteiger partial charge in [0.1, 0.15) is 11.6 Å². The van der Waals surface area contributed by atoms with Crippen molar-refractivity contribution in [2.75, 3.05) is 20.3 Å². The van der Waals surface area contributed by atoms with Crippen molar-refractivity contribution < 1.29 is 27.4 Å². The lowest BCUT2D eigenvalue weighted by Gasteiger charge is -2.40. The van der Waals surface area contributed by atoms with Crippen LogP contribution in [0.2, 0.25) is 0 Å². The van der Waals surface area contributed by atoms with E-state index in [1.807, 2.05) is 6.92 Å². The van der Waals surface area contributed by atoms with E-state index < -0.39 is 23.4 Å². The van der Waals surface area contributed by atoms with Gasteiger partial charge in [-0.05, 0) is 54.5 Å². The molecule has 2 aromatic heterocycles. The van der Waals surface area contributed by atoms with Crippen LogP contribution in [0, 0.1) is 41.4 Å². The molecule has 1 aliphatic carbocycles. The minimum atomic E-state index is -1.91. The number of aromatic nitrogens is 3. The first-order valence-electron chi connectivity index (χ1n) is 13.5. The number of imidazole rings is 1. The Morgan fingerprint density at radius 2 is 2.02 bits per heavy atom. The van der Waals surface area contributed by atoms with Crippen LogP contribution in [0.15, 0.2) is 40.4 Å². The zero-order valence-corrected chi connectivity index (χ0v) is 22.9. The van der Waals surface area contributed by atoms with Gasteiger partial charge in [0.25, 0.3) is 5.95 Å². The van der Waals surface area contributed by atoms with E-state index in [-0.39, 0.29) is 65.8 Å². The van der Waals surface area contributed by atoms with Crippen molar-refractivity contribution in [3.63, 3.8) is 0 Å². The molecule has 13 heteroatoms.